The molecule has 0 amide bonds. The van der Waals surface area contributed by atoms with Gasteiger partial charge in [0.2, 0.25) is 0 Å². The van der Waals surface area contributed by atoms with Gasteiger partial charge in [-0.2, -0.15) is 0 Å². The third kappa shape index (κ3) is 5.06. The number of nitrogens with zero attached hydrogens (tertiary/aromatic N) is 2. The third-order valence-electron chi connectivity index (χ3n) is 3.10. The molecule has 1 rings (SSSR count). The molecule has 0 unspecified atom stereocenters. The minimum absolute atomic E-state index is 0.0371. The number of hydrogen-bond acceptors (Lipinski definition) is 5. The van der Waals surface area contributed by atoms with Crippen molar-refractivity contribution in [3.63, 3.8) is 0 Å². The maximum atomic E-state index is 11.1. The van der Waals surface area contributed by atoms with Gasteiger partial charge in [0.15, 0.2) is 11.5 Å². The predicted molar refractivity (Wildman–Crippen MR) is 82.8 cm³/mol. The second-order valence-electron chi connectivity index (χ2n) is 4.62. The average Bonchev–Trinajstić information content (AvgIpc) is 2.49. The van der Waals surface area contributed by atoms with Crippen molar-refractivity contribution in [2.45, 2.75) is 32.6 Å². The number of benzene rings is 1. The number of ether oxygens (including phenoxy) is 2. The average molecular weight is 294 g/mol. The lowest BCUT2D eigenvalue weighted by molar-refractivity contribution is -0.385. The van der Waals surface area contributed by atoms with Gasteiger partial charge >= 0.3 is 0 Å². The van der Waals surface area contributed by atoms with Crippen molar-refractivity contribution in [1.29, 1.82) is 0 Å². The van der Waals surface area contributed by atoms with Crippen molar-refractivity contribution in [3.05, 3.63) is 27.8 Å². The molecule has 0 saturated carbocycles. The van der Waals surface area contributed by atoms with Gasteiger partial charge in [0.05, 0.1) is 30.8 Å². The highest BCUT2D eigenvalue weighted by molar-refractivity contribution is 5.87. The first kappa shape index (κ1) is 16.9. The van der Waals surface area contributed by atoms with E-state index in [0.717, 1.165) is 12.8 Å². The van der Waals surface area contributed by atoms with Crippen molar-refractivity contribution in [1.82, 2.24) is 0 Å². The fourth-order valence-corrected chi connectivity index (χ4v) is 1.94. The third-order valence-corrected chi connectivity index (χ3v) is 3.10. The van der Waals surface area contributed by atoms with Crippen LogP contribution in [0, 0.1) is 10.1 Å². The number of methoxy groups -OCH3 is 2. The van der Waals surface area contributed by atoms with Crippen LogP contribution < -0.4 is 9.47 Å². The van der Waals surface area contributed by atoms with E-state index in [0.29, 0.717) is 23.6 Å². The van der Waals surface area contributed by atoms with E-state index in [1.165, 1.54) is 39.3 Å². The van der Waals surface area contributed by atoms with Crippen LogP contribution in [0.1, 0.15) is 38.2 Å². The zero-order chi connectivity index (χ0) is 15.7. The number of nitro groups is 1. The van der Waals surface area contributed by atoms with Gasteiger partial charge in [-0.15, -0.1) is 0 Å². The van der Waals surface area contributed by atoms with Gasteiger partial charge in [0, 0.05) is 12.8 Å². The SMILES string of the molecule is CCCCCC/N=C/c1cc(OC)c(OC)cc1[N+](=O)[O-]. The second-order valence-corrected chi connectivity index (χ2v) is 4.62. The number of unbranched alkanes of at least 4 members (excludes halogenated alkanes) is 3. The van der Waals surface area contributed by atoms with Crippen molar-refractivity contribution >= 4 is 11.9 Å². The highest BCUT2D eigenvalue weighted by atomic mass is 16.6. The lowest BCUT2D eigenvalue weighted by Crippen LogP contribution is -1.99. The summed E-state index contributed by atoms with van der Waals surface area (Å²) in [6.45, 7) is 2.82. The molecule has 0 aliphatic rings. The standard InChI is InChI=1S/C15H22N2O4/c1-4-5-6-7-8-16-11-12-9-14(20-2)15(21-3)10-13(12)17(18)19/h9-11H,4-8H2,1-3H3/b16-11+. The van der Waals surface area contributed by atoms with E-state index in [2.05, 4.69) is 11.9 Å². The molecule has 6 nitrogen and oxygen atoms in total. The van der Waals surface area contributed by atoms with E-state index in [1.807, 2.05) is 0 Å². The Hall–Kier alpha value is -2.11. The van der Waals surface area contributed by atoms with Gasteiger partial charge in [-0.05, 0) is 12.5 Å². The minimum atomic E-state index is -0.444. The zero-order valence-corrected chi connectivity index (χ0v) is 12.8. The van der Waals surface area contributed by atoms with Crippen molar-refractivity contribution in [3.8, 4) is 11.5 Å². The smallest absolute Gasteiger partial charge is 0.282 e. The molecular formula is C15H22N2O4. The van der Waals surface area contributed by atoms with E-state index in [1.54, 1.807) is 6.07 Å². The van der Waals surface area contributed by atoms with E-state index in [9.17, 15) is 10.1 Å². The molecule has 0 aromatic heterocycles. The summed E-state index contributed by atoms with van der Waals surface area (Å²) >= 11 is 0. The van der Waals surface area contributed by atoms with Crippen LogP contribution in [-0.4, -0.2) is 31.9 Å². The molecule has 0 aliphatic heterocycles. The van der Waals surface area contributed by atoms with Crippen LogP contribution in [0.15, 0.2) is 17.1 Å². The van der Waals surface area contributed by atoms with Crippen molar-refractivity contribution < 1.29 is 14.4 Å². The molecular weight excluding hydrogens is 272 g/mol. The van der Waals surface area contributed by atoms with Crippen LogP contribution in [0.4, 0.5) is 5.69 Å². The Morgan fingerprint density at radius 1 is 1.19 bits per heavy atom. The number of aliphatic imine (C=N–C) groups is 1. The van der Waals surface area contributed by atoms with E-state index < -0.39 is 4.92 Å². The Morgan fingerprint density at radius 2 is 1.86 bits per heavy atom. The maximum Gasteiger partial charge on any atom is 0.282 e. The van der Waals surface area contributed by atoms with Gasteiger partial charge in [0.1, 0.15) is 0 Å². The summed E-state index contributed by atoms with van der Waals surface area (Å²) in [5, 5.41) is 11.1. The molecule has 0 N–H and O–H groups in total. The summed E-state index contributed by atoms with van der Waals surface area (Å²) < 4.78 is 10.2. The van der Waals surface area contributed by atoms with E-state index in [4.69, 9.17) is 9.47 Å². The quantitative estimate of drug-likeness (QED) is 0.302. The van der Waals surface area contributed by atoms with Crippen LogP contribution in [0.2, 0.25) is 0 Å². The summed E-state index contributed by atoms with van der Waals surface area (Å²) in [4.78, 5) is 14.9. The topological polar surface area (TPSA) is 74.0 Å². The molecule has 1 aromatic carbocycles. The molecule has 0 saturated heterocycles. The van der Waals surface area contributed by atoms with Gasteiger partial charge in [-0.3, -0.25) is 15.1 Å². The number of rotatable bonds is 9. The summed E-state index contributed by atoms with van der Waals surface area (Å²) in [7, 11) is 2.94. The highest BCUT2D eigenvalue weighted by Crippen LogP contribution is 2.33. The molecule has 0 radical (unpaired) electrons. The van der Waals surface area contributed by atoms with Crippen molar-refractivity contribution in [2.75, 3.05) is 20.8 Å². The second kappa shape index (κ2) is 8.94. The van der Waals surface area contributed by atoms with Crippen LogP contribution >= 0.6 is 0 Å². The fraction of sp³-hybridized carbons (Fsp3) is 0.533. The minimum Gasteiger partial charge on any atom is -0.493 e. The highest BCUT2D eigenvalue weighted by Gasteiger charge is 2.18. The van der Waals surface area contributed by atoms with Gasteiger partial charge in [-0.25, -0.2) is 0 Å². The van der Waals surface area contributed by atoms with Crippen LogP contribution in [0.5, 0.6) is 11.5 Å². The molecule has 0 heterocycles. The van der Waals surface area contributed by atoms with E-state index >= 15 is 0 Å². The van der Waals surface area contributed by atoms with Gasteiger partial charge in [0.25, 0.3) is 5.69 Å². The zero-order valence-electron chi connectivity index (χ0n) is 12.8. The lowest BCUT2D eigenvalue weighted by atomic mass is 10.1. The Bertz CT molecular complexity index is 501. The van der Waals surface area contributed by atoms with E-state index in [-0.39, 0.29) is 5.69 Å². The Morgan fingerprint density at radius 3 is 2.43 bits per heavy atom. The molecule has 116 valence electrons. The predicted octanol–water partition coefficient (Wildman–Crippen LogP) is 3.61. The molecule has 1 aromatic rings. The molecule has 0 bridgehead atoms. The first-order valence-electron chi connectivity index (χ1n) is 7.04. The van der Waals surface area contributed by atoms with Crippen molar-refractivity contribution in [2.24, 2.45) is 4.99 Å². The molecule has 6 heteroatoms. The van der Waals surface area contributed by atoms with Crippen LogP contribution in [0.3, 0.4) is 0 Å². The van der Waals surface area contributed by atoms with Crippen LogP contribution in [-0.2, 0) is 0 Å². The summed E-state index contributed by atoms with van der Waals surface area (Å²) in [5.74, 6) is 0.792. The first-order chi connectivity index (χ1) is 10.1. The fourth-order valence-electron chi connectivity index (χ4n) is 1.94. The lowest BCUT2D eigenvalue weighted by Gasteiger charge is -2.08. The molecule has 21 heavy (non-hydrogen) atoms. The summed E-state index contributed by atoms with van der Waals surface area (Å²) in [6.07, 6.45) is 6.01. The maximum absolute atomic E-state index is 11.1. The summed E-state index contributed by atoms with van der Waals surface area (Å²) in [5.41, 5.74) is 0.387. The molecule has 0 aliphatic carbocycles. The normalized spacial score (nSPS) is 10.8. The number of nitro benzene ring substituents is 1. The molecule has 0 spiro atoms. The number of hydrogen-bond donors (Lipinski definition) is 0. The Balaban J connectivity index is 2.88. The molecule has 0 atom stereocenters. The Labute approximate surface area is 124 Å². The van der Waals surface area contributed by atoms with Gasteiger partial charge in [-0.1, -0.05) is 26.2 Å². The summed E-state index contributed by atoms with van der Waals surface area (Å²) in [6, 6.07) is 2.93. The first-order valence-corrected chi connectivity index (χ1v) is 7.04. The Kier molecular flexibility index (Phi) is 7.21. The molecule has 0 fully saturated rings. The van der Waals surface area contributed by atoms with Gasteiger partial charge < -0.3 is 9.47 Å². The monoisotopic (exact) mass is 294 g/mol. The van der Waals surface area contributed by atoms with Crippen LogP contribution in [0.25, 0.3) is 0 Å². The largest absolute Gasteiger partial charge is 0.493 e.